The van der Waals surface area contributed by atoms with Gasteiger partial charge in [0.2, 0.25) is 17.0 Å². The highest BCUT2D eigenvalue weighted by atomic mass is 32.2. The number of nitrogens with one attached hydrogen (secondary N) is 2. The minimum atomic E-state index is -0.620. The first-order chi connectivity index (χ1) is 22.0. The number of amides is 2. The van der Waals surface area contributed by atoms with Gasteiger partial charge in [-0.1, -0.05) is 72.8 Å². The van der Waals surface area contributed by atoms with E-state index in [0.717, 1.165) is 41.6 Å². The molecule has 12 heteroatoms. The molecule has 0 saturated carbocycles. The average molecular weight is 631 g/mol. The van der Waals surface area contributed by atoms with Crippen LogP contribution in [-0.2, 0) is 25.7 Å². The fourth-order valence-corrected chi connectivity index (χ4v) is 5.90. The predicted molar refractivity (Wildman–Crippen MR) is 171 cm³/mol. The molecule has 5 rings (SSSR count). The van der Waals surface area contributed by atoms with Crippen LogP contribution >= 0.6 is 11.8 Å². The van der Waals surface area contributed by atoms with Crippen LogP contribution in [0, 0.1) is 0 Å². The summed E-state index contributed by atoms with van der Waals surface area (Å²) < 4.78 is 14.6. The number of rotatable bonds is 14. The molecule has 0 radical (unpaired) electrons. The molecule has 2 heterocycles. The lowest BCUT2D eigenvalue weighted by Crippen LogP contribution is -2.31. The molecule has 1 aromatic heterocycles. The Morgan fingerprint density at radius 1 is 0.956 bits per heavy atom. The minimum Gasteiger partial charge on any atom is -0.392 e. The van der Waals surface area contributed by atoms with E-state index in [1.54, 1.807) is 4.68 Å². The number of tetrazole rings is 1. The Morgan fingerprint density at radius 2 is 1.71 bits per heavy atom. The quantitative estimate of drug-likeness (QED) is 0.128. The van der Waals surface area contributed by atoms with Crippen LogP contribution < -0.4 is 10.6 Å². The van der Waals surface area contributed by atoms with Crippen molar-refractivity contribution in [2.75, 3.05) is 17.6 Å². The molecule has 1 saturated heterocycles. The lowest BCUT2D eigenvalue weighted by molar-refractivity contribution is -0.245. The summed E-state index contributed by atoms with van der Waals surface area (Å²) in [5.74, 6) is 0.523. The molecule has 1 aliphatic rings. The number of benzene rings is 3. The Labute approximate surface area is 266 Å². The minimum absolute atomic E-state index is 0.0194. The van der Waals surface area contributed by atoms with Crippen molar-refractivity contribution in [2.45, 2.75) is 69.3 Å². The van der Waals surface area contributed by atoms with Gasteiger partial charge in [0.25, 0.3) is 0 Å². The lowest BCUT2D eigenvalue weighted by atomic mass is 10.0. The van der Waals surface area contributed by atoms with Crippen LogP contribution in [0.5, 0.6) is 0 Å². The highest BCUT2D eigenvalue weighted by Crippen LogP contribution is 2.39. The lowest BCUT2D eigenvalue weighted by Gasteiger charge is -2.36. The van der Waals surface area contributed by atoms with Gasteiger partial charge in [0, 0.05) is 43.3 Å². The molecule has 3 atom stereocenters. The molecule has 1 fully saturated rings. The number of anilines is 1. The Kier molecular flexibility index (Phi) is 11.7. The molecule has 3 unspecified atom stereocenters. The van der Waals surface area contributed by atoms with Crippen molar-refractivity contribution < 1.29 is 24.2 Å². The molecule has 1 aliphatic heterocycles. The number of ether oxygens (including phenoxy) is 2. The van der Waals surface area contributed by atoms with Gasteiger partial charge >= 0.3 is 0 Å². The summed E-state index contributed by atoms with van der Waals surface area (Å²) in [4.78, 5) is 23.4. The summed E-state index contributed by atoms with van der Waals surface area (Å²) in [6.07, 6.45) is 2.51. The van der Waals surface area contributed by atoms with Crippen LogP contribution in [0.25, 0.3) is 5.69 Å². The van der Waals surface area contributed by atoms with Crippen molar-refractivity contribution in [1.29, 1.82) is 0 Å². The normalized spacial score (nSPS) is 18.0. The van der Waals surface area contributed by atoms with Gasteiger partial charge in [0.15, 0.2) is 6.29 Å². The molecular formula is C33H38N6O5S. The number of nitrogens with zero attached hydrogens (tertiary/aromatic N) is 4. The van der Waals surface area contributed by atoms with E-state index in [2.05, 4.69) is 26.2 Å². The molecular weight excluding hydrogens is 592 g/mol. The van der Waals surface area contributed by atoms with Crippen molar-refractivity contribution in [1.82, 2.24) is 25.5 Å². The third kappa shape index (κ3) is 9.44. The first-order valence-electron chi connectivity index (χ1n) is 15.1. The Hall–Kier alpha value is -4.10. The summed E-state index contributed by atoms with van der Waals surface area (Å²) in [6, 6.07) is 25.0. The van der Waals surface area contributed by atoms with Crippen LogP contribution in [0.3, 0.4) is 0 Å². The monoisotopic (exact) mass is 630 g/mol. The van der Waals surface area contributed by atoms with Crippen LogP contribution in [0.15, 0.2) is 84.0 Å². The molecule has 2 amide bonds. The van der Waals surface area contributed by atoms with Crippen molar-refractivity contribution in [3.63, 3.8) is 0 Å². The number of para-hydroxylation sites is 1. The van der Waals surface area contributed by atoms with E-state index >= 15 is 0 Å². The second-order valence-corrected chi connectivity index (χ2v) is 11.8. The number of unbranched alkanes of at least 4 members (excludes halogenated alkanes) is 2. The van der Waals surface area contributed by atoms with Crippen molar-refractivity contribution in [3.8, 4) is 5.69 Å². The number of hydrogen-bond acceptors (Lipinski definition) is 9. The Balaban J connectivity index is 1.22. The third-order valence-corrected chi connectivity index (χ3v) is 8.43. The number of carbonyl (C=O) groups is 2. The van der Waals surface area contributed by atoms with E-state index in [1.807, 2.05) is 78.9 Å². The molecule has 11 nitrogen and oxygen atoms in total. The number of carbonyl (C=O) groups excluding carboxylic acids is 2. The van der Waals surface area contributed by atoms with Gasteiger partial charge in [-0.25, -0.2) is 0 Å². The van der Waals surface area contributed by atoms with Gasteiger partial charge in [-0.3, -0.25) is 9.59 Å². The third-order valence-electron chi connectivity index (χ3n) is 7.38. The second kappa shape index (κ2) is 16.3. The fraction of sp³-hybridized carbons (Fsp3) is 0.364. The first-order valence-corrected chi connectivity index (χ1v) is 16.1. The van der Waals surface area contributed by atoms with E-state index in [0.29, 0.717) is 36.0 Å². The van der Waals surface area contributed by atoms with Gasteiger partial charge in [-0.15, -0.1) is 5.10 Å². The van der Waals surface area contributed by atoms with E-state index in [-0.39, 0.29) is 30.6 Å². The molecule has 3 aromatic carbocycles. The number of thioether (sulfide) groups is 1. The average Bonchev–Trinajstić information content (AvgIpc) is 3.55. The maximum atomic E-state index is 12.4. The SMILES string of the molecule is CC(=O)NCCCCCC(=O)Nc1ccc(C2OC(CSc3nnnn3-c3ccccc3)CC(c3ccc(CO)cc3)O2)cc1. The zero-order valence-corrected chi connectivity index (χ0v) is 26.0. The fourth-order valence-electron chi connectivity index (χ4n) is 4.99. The zero-order valence-electron chi connectivity index (χ0n) is 25.2. The van der Waals surface area contributed by atoms with Gasteiger partial charge in [-0.2, -0.15) is 4.68 Å². The molecule has 45 heavy (non-hydrogen) atoms. The first kappa shape index (κ1) is 32.3. The van der Waals surface area contributed by atoms with Gasteiger partial charge in [0.05, 0.1) is 24.5 Å². The topological polar surface area (TPSA) is 140 Å². The number of aliphatic hydroxyl groups excluding tert-OH is 1. The van der Waals surface area contributed by atoms with Gasteiger partial charge < -0.3 is 25.2 Å². The van der Waals surface area contributed by atoms with Gasteiger partial charge in [-0.05, 0) is 58.7 Å². The number of aromatic nitrogens is 4. The van der Waals surface area contributed by atoms with Crippen LogP contribution in [-0.4, -0.2) is 55.5 Å². The summed E-state index contributed by atoms with van der Waals surface area (Å²) in [6.45, 7) is 2.11. The molecule has 0 spiro atoms. The van der Waals surface area contributed by atoms with Crippen LogP contribution in [0.4, 0.5) is 5.69 Å². The molecule has 236 valence electrons. The highest BCUT2D eigenvalue weighted by Gasteiger charge is 2.32. The maximum Gasteiger partial charge on any atom is 0.224 e. The molecule has 4 aromatic rings. The van der Waals surface area contributed by atoms with Crippen molar-refractivity contribution >= 4 is 29.3 Å². The van der Waals surface area contributed by atoms with Gasteiger partial charge in [0.1, 0.15) is 0 Å². The van der Waals surface area contributed by atoms with Crippen LogP contribution in [0.2, 0.25) is 0 Å². The standard InChI is InChI=1S/C33H38N6O5S/c1-23(41)34-19-7-3-6-10-31(42)35-27-17-15-26(16-18-27)32-43-29(20-30(44-32)25-13-11-24(21-40)12-14-25)22-45-33-36-37-38-39(33)28-8-4-2-5-9-28/h2,4-5,8-9,11-18,29-30,32,40H,3,6-7,10,19-22H2,1H3,(H,34,41)(H,35,42). The van der Waals surface area contributed by atoms with Crippen molar-refractivity contribution in [3.05, 3.63) is 95.6 Å². The van der Waals surface area contributed by atoms with Crippen LogP contribution in [0.1, 0.15) is 68.1 Å². The Morgan fingerprint density at radius 3 is 2.44 bits per heavy atom. The molecule has 3 N–H and O–H groups in total. The Bertz CT molecular complexity index is 1520. The molecule has 0 bridgehead atoms. The van der Waals surface area contributed by atoms with E-state index in [9.17, 15) is 14.7 Å². The largest absolute Gasteiger partial charge is 0.392 e. The van der Waals surface area contributed by atoms with Crippen molar-refractivity contribution in [2.24, 2.45) is 0 Å². The predicted octanol–water partition coefficient (Wildman–Crippen LogP) is 5.13. The molecule has 0 aliphatic carbocycles. The second-order valence-electron chi connectivity index (χ2n) is 10.8. The van der Waals surface area contributed by atoms with E-state index < -0.39 is 6.29 Å². The summed E-state index contributed by atoms with van der Waals surface area (Å²) >= 11 is 1.52. The van der Waals surface area contributed by atoms with E-state index in [1.165, 1.54) is 18.7 Å². The summed E-state index contributed by atoms with van der Waals surface area (Å²) in [7, 11) is 0. The maximum absolute atomic E-state index is 12.4. The number of aliphatic hydroxyl groups is 1. The van der Waals surface area contributed by atoms with E-state index in [4.69, 9.17) is 9.47 Å². The zero-order chi connectivity index (χ0) is 31.4. The summed E-state index contributed by atoms with van der Waals surface area (Å²) in [5.41, 5.74) is 4.27. The summed E-state index contributed by atoms with van der Waals surface area (Å²) in [5, 5.41) is 28.2. The smallest absolute Gasteiger partial charge is 0.224 e. The highest BCUT2D eigenvalue weighted by molar-refractivity contribution is 7.99. The number of hydrogen-bond donors (Lipinski definition) is 3.